The molecule has 116 valence electrons. The summed E-state index contributed by atoms with van der Waals surface area (Å²) in [6.45, 7) is 0. The third-order valence-electron chi connectivity index (χ3n) is 7.49. The SMILES string of the molecule is c1ccc(C23CC4CC2(c2ccccc2)C43c2ccccc2)cc1. The topological polar surface area (TPSA) is 0 Å². The first-order chi connectivity index (χ1) is 11.9. The molecule has 0 aliphatic heterocycles. The molecule has 0 heteroatoms. The Balaban J connectivity index is 1.63. The van der Waals surface area contributed by atoms with Gasteiger partial charge in [0.05, 0.1) is 0 Å². The van der Waals surface area contributed by atoms with Gasteiger partial charge in [-0.05, 0) is 35.4 Å². The van der Waals surface area contributed by atoms with Crippen LogP contribution in [0.1, 0.15) is 29.5 Å². The molecular weight excluding hydrogens is 288 g/mol. The molecule has 0 N–H and O–H groups in total. The molecule has 0 aromatic heterocycles. The maximum absolute atomic E-state index is 2.37. The van der Waals surface area contributed by atoms with E-state index in [4.69, 9.17) is 0 Å². The zero-order chi connectivity index (χ0) is 15.8. The fraction of sp³-hybridized carbons (Fsp3) is 0.250. The van der Waals surface area contributed by atoms with Gasteiger partial charge in [0.15, 0.2) is 0 Å². The molecule has 0 amide bonds. The highest BCUT2D eigenvalue weighted by Crippen LogP contribution is 3.00. The standard InChI is InChI=1S/C24H20/c1-4-10-18(11-5-1)22-16-21-17-23(22,19-12-6-2-7-13-19)24(21,22)20-14-8-3-9-15-20/h1-15,21H,16-17H2. The highest BCUT2D eigenvalue weighted by Gasteiger charge is 3.02. The van der Waals surface area contributed by atoms with E-state index in [1.54, 1.807) is 16.7 Å². The lowest BCUT2D eigenvalue weighted by Crippen LogP contribution is -2.47. The summed E-state index contributed by atoms with van der Waals surface area (Å²) in [7, 11) is 0. The zero-order valence-electron chi connectivity index (χ0n) is 13.7. The number of hydrogen-bond acceptors (Lipinski definition) is 0. The zero-order valence-corrected chi connectivity index (χ0v) is 13.7. The van der Waals surface area contributed by atoms with Crippen molar-refractivity contribution in [3.8, 4) is 0 Å². The minimum Gasteiger partial charge on any atom is -0.0622 e. The largest absolute Gasteiger partial charge is 0.0622 e. The first-order valence-corrected chi connectivity index (χ1v) is 9.04. The van der Waals surface area contributed by atoms with Gasteiger partial charge >= 0.3 is 0 Å². The molecule has 3 aromatic rings. The van der Waals surface area contributed by atoms with Crippen LogP contribution in [0.5, 0.6) is 0 Å². The summed E-state index contributed by atoms with van der Waals surface area (Å²) in [6, 6.07) is 33.9. The highest BCUT2D eigenvalue weighted by molar-refractivity contribution is 5.75. The summed E-state index contributed by atoms with van der Waals surface area (Å²) >= 11 is 0. The van der Waals surface area contributed by atoms with Crippen LogP contribution in [0.25, 0.3) is 0 Å². The van der Waals surface area contributed by atoms with Gasteiger partial charge in [0.1, 0.15) is 0 Å². The van der Waals surface area contributed by atoms with Crippen LogP contribution in [0.15, 0.2) is 91.0 Å². The van der Waals surface area contributed by atoms with Crippen LogP contribution < -0.4 is 0 Å². The Morgan fingerprint density at radius 2 is 0.875 bits per heavy atom. The molecule has 0 saturated heterocycles. The van der Waals surface area contributed by atoms with Crippen molar-refractivity contribution in [2.75, 3.05) is 0 Å². The van der Waals surface area contributed by atoms with Crippen molar-refractivity contribution in [1.82, 2.24) is 0 Å². The van der Waals surface area contributed by atoms with Crippen molar-refractivity contribution in [2.45, 2.75) is 29.1 Å². The molecule has 0 spiro atoms. The molecule has 24 heavy (non-hydrogen) atoms. The summed E-state index contributed by atoms with van der Waals surface area (Å²) < 4.78 is 0. The van der Waals surface area contributed by atoms with E-state index in [0.29, 0.717) is 16.2 Å². The van der Waals surface area contributed by atoms with Crippen LogP contribution in [0.2, 0.25) is 0 Å². The van der Waals surface area contributed by atoms with Gasteiger partial charge in [-0.3, -0.25) is 0 Å². The molecule has 3 fully saturated rings. The van der Waals surface area contributed by atoms with E-state index in [1.807, 2.05) is 0 Å². The van der Waals surface area contributed by atoms with Crippen molar-refractivity contribution in [1.29, 1.82) is 0 Å². The third kappa shape index (κ3) is 1.05. The third-order valence-corrected chi connectivity index (χ3v) is 7.49. The van der Waals surface area contributed by atoms with Crippen LogP contribution in [-0.4, -0.2) is 0 Å². The van der Waals surface area contributed by atoms with Gasteiger partial charge in [0, 0.05) is 16.2 Å². The fourth-order valence-corrected chi connectivity index (χ4v) is 7.01. The van der Waals surface area contributed by atoms with Gasteiger partial charge in [-0.2, -0.15) is 0 Å². The van der Waals surface area contributed by atoms with Gasteiger partial charge in [-0.15, -0.1) is 0 Å². The lowest BCUT2D eigenvalue weighted by atomic mass is 9.54. The van der Waals surface area contributed by atoms with Crippen molar-refractivity contribution < 1.29 is 0 Å². The second kappa shape index (κ2) is 4.00. The molecule has 2 unspecified atom stereocenters. The Labute approximate surface area is 143 Å². The fourth-order valence-electron chi connectivity index (χ4n) is 7.01. The van der Waals surface area contributed by atoms with E-state index in [9.17, 15) is 0 Å². The molecule has 0 radical (unpaired) electrons. The molecule has 3 saturated carbocycles. The quantitative estimate of drug-likeness (QED) is 0.621. The molecule has 0 heterocycles. The van der Waals surface area contributed by atoms with Gasteiger partial charge in [0.25, 0.3) is 0 Å². The van der Waals surface area contributed by atoms with Crippen molar-refractivity contribution in [3.05, 3.63) is 108 Å². The van der Waals surface area contributed by atoms with Gasteiger partial charge < -0.3 is 0 Å². The smallest absolute Gasteiger partial charge is 0.0193 e. The average Bonchev–Trinajstić information content (AvgIpc) is 2.92. The van der Waals surface area contributed by atoms with Gasteiger partial charge in [0.2, 0.25) is 0 Å². The Hall–Kier alpha value is -2.34. The normalized spacial score (nSPS) is 37.8. The number of hydrogen-bond donors (Lipinski definition) is 0. The molecular formula is C24H20. The predicted octanol–water partition coefficient (Wildman–Crippen LogP) is 5.24. The second-order valence-corrected chi connectivity index (χ2v) is 7.82. The maximum atomic E-state index is 2.37. The minimum atomic E-state index is 0.314. The average molecular weight is 308 g/mol. The van der Waals surface area contributed by atoms with Crippen LogP contribution >= 0.6 is 0 Å². The summed E-state index contributed by atoms with van der Waals surface area (Å²) in [5.74, 6) is 0.848. The number of fused-ring (bicyclic) bond motifs is 1. The molecule has 6 rings (SSSR count). The van der Waals surface area contributed by atoms with E-state index in [1.165, 1.54) is 12.8 Å². The van der Waals surface area contributed by atoms with E-state index in [0.717, 1.165) is 5.92 Å². The Bertz CT molecular complexity index is 789. The Morgan fingerprint density at radius 1 is 0.500 bits per heavy atom. The van der Waals surface area contributed by atoms with Gasteiger partial charge in [-0.1, -0.05) is 91.0 Å². The first kappa shape index (κ1) is 13.0. The molecule has 3 aromatic carbocycles. The lowest BCUT2D eigenvalue weighted by Gasteiger charge is -2.48. The monoisotopic (exact) mass is 308 g/mol. The lowest BCUT2D eigenvalue weighted by molar-refractivity contribution is 0.148. The van der Waals surface area contributed by atoms with Gasteiger partial charge in [-0.25, -0.2) is 0 Å². The summed E-state index contributed by atoms with van der Waals surface area (Å²) in [4.78, 5) is 0. The molecule has 2 atom stereocenters. The van der Waals surface area contributed by atoms with Crippen LogP contribution in [0.3, 0.4) is 0 Å². The van der Waals surface area contributed by atoms with E-state index in [-0.39, 0.29) is 0 Å². The molecule has 0 bridgehead atoms. The molecule has 3 aliphatic rings. The van der Waals surface area contributed by atoms with E-state index >= 15 is 0 Å². The minimum absolute atomic E-state index is 0.314. The van der Waals surface area contributed by atoms with Crippen molar-refractivity contribution >= 4 is 0 Å². The summed E-state index contributed by atoms with van der Waals surface area (Å²) in [5, 5.41) is 0. The predicted molar refractivity (Wildman–Crippen MR) is 97.1 cm³/mol. The second-order valence-electron chi connectivity index (χ2n) is 7.82. The number of rotatable bonds is 3. The van der Waals surface area contributed by atoms with Crippen LogP contribution in [0.4, 0.5) is 0 Å². The molecule has 0 nitrogen and oxygen atoms in total. The van der Waals surface area contributed by atoms with Crippen molar-refractivity contribution in [3.63, 3.8) is 0 Å². The maximum Gasteiger partial charge on any atom is 0.0193 e. The van der Waals surface area contributed by atoms with E-state index in [2.05, 4.69) is 91.0 Å². The first-order valence-electron chi connectivity index (χ1n) is 9.04. The van der Waals surface area contributed by atoms with Crippen molar-refractivity contribution in [2.24, 2.45) is 5.92 Å². The highest BCUT2D eigenvalue weighted by atomic mass is 15.0. The number of benzene rings is 3. The summed E-state index contributed by atoms with van der Waals surface area (Å²) in [6.07, 6.45) is 2.70. The van der Waals surface area contributed by atoms with Crippen LogP contribution in [-0.2, 0) is 16.2 Å². The molecule has 3 aliphatic carbocycles. The Morgan fingerprint density at radius 3 is 1.25 bits per heavy atom. The van der Waals surface area contributed by atoms with E-state index < -0.39 is 0 Å². The van der Waals surface area contributed by atoms with Crippen LogP contribution in [0, 0.1) is 5.92 Å². The summed E-state index contributed by atoms with van der Waals surface area (Å²) in [5.41, 5.74) is 5.62. The Kier molecular flexibility index (Phi) is 2.17.